The van der Waals surface area contributed by atoms with Gasteiger partial charge in [-0.1, -0.05) is 29.8 Å². The average Bonchev–Trinajstić information content (AvgIpc) is 2.75. The Labute approximate surface area is 100 Å². The van der Waals surface area contributed by atoms with Crippen LogP contribution in [0.4, 0.5) is 0 Å². The predicted molar refractivity (Wildman–Crippen MR) is 64.1 cm³/mol. The largest absolute Gasteiger partial charge is 0.355 e. The van der Waals surface area contributed by atoms with Gasteiger partial charge in [0.2, 0.25) is 11.8 Å². The minimum atomic E-state index is -0.215. The van der Waals surface area contributed by atoms with Crippen molar-refractivity contribution in [2.75, 3.05) is 6.54 Å². The van der Waals surface area contributed by atoms with Crippen molar-refractivity contribution in [2.24, 2.45) is 5.92 Å². The molecule has 1 atom stereocenters. The molecule has 1 aliphatic rings. The van der Waals surface area contributed by atoms with Crippen LogP contribution in [-0.4, -0.2) is 18.4 Å². The molecule has 2 N–H and O–H groups in total. The van der Waals surface area contributed by atoms with Crippen molar-refractivity contribution < 1.29 is 9.59 Å². The Balaban J connectivity index is 1.84. The van der Waals surface area contributed by atoms with Gasteiger partial charge in [0.1, 0.15) is 0 Å². The monoisotopic (exact) mass is 232 g/mol. The quantitative estimate of drug-likeness (QED) is 0.808. The van der Waals surface area contributed by atoms with E-state index in [1.807, 2.05) is 31.2 Å². The molecule has 4 heteroatoms. The normalized spacial score (nSPS) is 18.9. The molecule has 0 aromatic heterocycles. The van der Waals surface area contributed by atoms with Gasteiger partial charge < -0.3 is 10.6 Å². The lowest BCUT2D eigenvalue weighted by Crippen LogP contribution is -2.31. The van der Waals surface area contributed by atoms with Crippen LogP contribution in [0.5, 0.6) is 0 Å². The minimum absolute atomic E-state index is 0.0412. The maximum absolute atomic E-state index is 11.7. The third-order valence-electron chi connectivity index (χ3n) is 2.94. The van der Waals surface area contributed by atoms with Crippen molar-refractivity contribution in [3.63, 3.8) is 0 Å². The number of hydrogen-bond acceptors (Lipinski definition) is 2. The molecule has 1 aromatic rings. The minimum Gasteiger partial charge on any atom is -0.355 e. The number of nitrogens with one attached hydrogen (secondary N) is 2. The number of rotatable bonds is 3. The summed E-state index contributed by atoms with van der Waals surface area (Å²) >= 11 is 0. The second-order valence-electron chi connectivity index (χ2n) is 4.41. The number of carbonyl (C=O) groups excluding carboxylic acids is 2. The van der Waals surface area contributed by atoms with Crippen LogP contribution in [0.15, 0.2) is 24.3 Å². The van der Waals surface area contributed by atoms with E-state index < -0.39 is 0 Å². The first-order chi connectivity index (χ1) is 8.15. The number of hydrogen-bond donors (Lipinski definition) is 2. The van der Waals surface area contributed by atoms with Crippen LogP contribution in [0.3, 0.4) is 0 Å². The van der Waals surface area contributed by atoms with E-state index in [2.05, 4.69) is 10.6 Å². The lowest BCUT2D eigenvalue weighted by atomic mass is 10.1. The number of benzene rings is 1. The van der Waals surface area contributed by atoms with E-state index in [0.29, 0.717) is 19.5 Å². The smallest absolute Gasteiger partial charge is 0.225 e. The van der Waals surface area contributed by atoms with Crippen molar-refractivity contribution in [2.45, 2.75) is 19.9 Å². The van der Waals surface area contributed by atoms with Crippen LogP contribution >= 0.6 is 0 Å². The van der Waals surface area contributed by atoms with Crippen molar-refractivity contribution in [3.8, 4) is 0 Å². The molecule has 0 spiro atoms. The first-order valence-electron chi connectivity index (χ1n) is 5.75. The Morgan fingerprint density at radius 2 is 2.12 bits per heavy atom. The van der Waals surface area contributed by atoms with Gasteiger partial charge in [-0.15, -0.1) is 0 Å². The van der Waals surface area contributed by atoms with E-state index >= 15 is 0 Å². The lowest BCUT2D eigenvalue weighted by molar-refractivity contribution is -0.126. The molecule has 1 saturated heterocycles. The van der Waals surface area contributed by atoms with Gasteiger partial charge >= 0.3 is 0 Å². The van der Waals surface area contributed by atoms with Crippen LogP contribution in [0.2, 0.25) is 0 Å². The van der Waals surface area contributed by atoms with E-state index in [-0.39, 0.29) is 17.7 Å². The summed E-state index contributed by atoms with van der Waals surface area (Å²) in [6.45, 7) is 3.00. The molecule has 1 aromatic carbocycles. The Hall–Kier alpha value is -1.84. The number of aryl methyl sites for hydroxylation is 1. The fraction of sp³-hybridized carbons (Fsp3) is 0.385. The molecule has 0 bridgehead atoms. The van der Waals surface area contributed by atoms with Crippen LogP contribution in [0.25, 0.3) is 0 Å². The lowest BCUT2D eigenvalue weighted by Gasteiger charge is -2.09. The molecule has 0 saturated carbocycles. The van der Waals surface area contributed by atoms with E-state index in [1.54, 1.807) is 0 Å². The van der Waals surface area contributed by atoms with E-state index in [9.17, 15) is 9.59 Å². The molecule has 1 unspecified atom stereocenters. The van der Waals surface area contributed by atoms with Gasteiger partial charge in [-0.3, -0.25) is 9.59 Å². The van der Waals surface area contributed by atoms with E-state index in [0.717, 1.165) is 5.56 Å². The second kappa shape index (κ2) is 4.99. The van der Waals surface area contributed by atoms with E-state index in [1.165, 1.54) is 5.56 Å². The molecular formula is C13H16N2O2. The maximum atomic E-state index is 11.7. The van der Waals surface area contributed by atoms with E-state index in [4.69, 9.17) is 0 Å². The third kappa shape index (κ3) is 3.06. The summed E-state index contributed by atoms with van der Waals surface area (Å²) in [7, 11) is 0. The molecule has 17 heavy (non-hydrogen) atoms. The SMILES string of the molecule is Cc1ccc(CNC(=O)C2CNC(=O)C2)cc1. The van der Waals surface area contributed by atoms with Crippen molar-refractivity contribution in [1.29, 1.82) is 0 Å². The predicted octanol–water partition coefficient (Wildman–Crippen LogP) is 0.747. The number of carbonyl (C=O) groups is 2. The summed E-state index contributed by atoms with van der Waals surface area (Å²) in [5.41, 5.74) is 2.27. The molecule has 90 valence electrons. The summed E-state index contributed by atoms with van der Waals surface area (Å²) in [6, 6.07) is 8.02. The zero-order chi connectivity index (χ0) is 12.3. The Morgan fingerprint density at radius 3 is 2.71 bits per heavy atom. The highest BCUT2D eigenvalue weighted by Gasteiger charge is 2.27. The van der Waals surface area contributed by atoms with Gasteiger partial charge in [-0.25, -0.2) is 0 Å². The summed E-state index contributed by atoms with van der Waals surface area (Å²) < 4.78 is 0. The number of amides is 2. The topological polar surface area (TPSA) is 58.2 Å². The summed E-state index contributed by atoms with van der Waals surface area (Å²) in [5.74, 6) is -0.308. The second-order valence-corrected chi connectivity index (χ2v) is 4.41. The molecule has 4 nitrogen and oxygen atoms in total. The standard InChI is InChI=1S/C13H16N2O2/c1-9-2-4-10(5-3-9)7-15-13(17)11-6-12(16)14-8-11/h2-5,11H,6-8H2,1H3,(H,14,16)(H,15,17). The van der Waals surface area contributed by atoms with Crippen LogP contribution in [0.1, 0.15) is 17.5 Å². The van der Waals surface area contributed by atoms with Crippen LogP contribution in [0, 0.1) is 12.8 Å². The molecule has 1 fully saturated rings. The fourth-order valence-corrected chi connectivity index (χ4v) is 1.83. The molecule has 1 heterocycles. The molecule has 0 aliphatic carbocycles. The van der Waals surface area contributed by atoms with Crippen molar-refractivity contribution in [3.05, 3.63) is 35.4 Å². The van der Waals surface area contributed by atoms with Crippen LogP contribution < -0.4 is 10.6 Å². The summed E-state index contributed by atoms with van der Waals surface area (Å²) in [4.78, 5) is 22.7. The molecule has 0 radical (unpaired) electrons. The highest BCUT2D eigenvalue weighted by atomic mass is 16.2. The first-order valence-corrected chi connectivity index (χ1v) is 5.75. The fourth-order valence-electron chi connectivity index (χ4n) is 1.83. The summed E-state index contributed by atoms with van der Waals surface area (Å²) in [5, 5.41) is 5.51. The van der Waals surface area contributed by atoms with Gasteiger partial charge in [-0.2, -0.15) is 0 Å². The summed E-state index contributed by atoms with van der Waals surface area (Å²) in [6.07, 6.45) is 0.305. The highest BCUT2D eigenvalue weighted by molar-refractivity contribution is 5.89. The third-order valence-corrected chi connectivity index (χ3v) is 2.94. The van der Waals surface area contributed by atoms with Crippen LogP contribution in [-0.2, 0) is 16.1 Å². The Bertz CT molecular complexity index is 426. The maximum Gasteiger partial charge on any atom is 0.225 e. The molecule has 2 amide bonds. The molecule has 1 aliphatic heterocycles. The van der Waals surface area contributed by atoms with Gasteiger partial charge in [0, 0.05) is 19.5 Å². The zero-order valence-electron chi connectivity index (χ0n) is 9.82. The molecular weight excluding hydrogens is 216 g/mol. The highest BCUT2D eigenvalue weighted by Crippen LogP contribution is 2.09. The molecule has 2 rings (SSSR count). The zero-order valence-corrected chi connectivity index (χ0v) is 9.82. The van der Waals surface area contributed by atoms with Gasteiger partial charge in [0.25, 0.3) is 0 Å². The van der Waals surface area contributed by atoms with Crippen molar-refractivity contribution in [1.82, 2.24) is 10.6 Å². The average molecular weight is 232 g/mol. The van der Waals surface area contributed by atoms with Gasteiger partial charge in [0.15, 0.2) is 0 Å². The first kappa shape index (κ1) is 11.6. The Kier molecular flexibility index (Phi) is 3.42. The Morgan fingerprint density at radius 1 is 1.41 bits per heavy atom. The van der Waals surface area contributed by atoms with Gasteiger partial charge in [-0.05, 0) is 12.5 Å². The van der Waals surface area contributed by atoms with Crippen molar-refractivity contribution >= 4 is 11.8 Å². The van der Waals surface area contributed by atoms with Gasteiger partial charge in [0.05, 0.1) is 5.92 Å².